The third-order valence-electron chi connectivity index (χ3n) is 6.87. The van der Waals surface area contributed by atoms with Gasteiger partial charge in [0.15, 0.2) is 5.82 Å². The average Bonchev–Trinajstić information content (AvgIpc) is 3.01. The Balaban J connectivity index is 1.51. The summed E-state index contributed by atoms with van der Waals surface area (Å²) in [7, 11) is 0. The molecule has 0 aliphatic carbocycles. The Labute approximate surface area is 221 Å². The van der Waals surface area contributed by atoms with Crippen molar-refractivity contribution >= 4 is 21.8 Å². The predicted octanol–water partition coefficient (Wildman–Crippen LogP) is 8.85. The van der Waals surface area contributed by atoms with Crippen LogP contribution in [0.1, 0.15) is 0 Å². The lowest BCUT2D eigenvalue weighted by atomic mass is 9.99. The molecule has 2 aromatic heterocycles. The van der Waals surface area contributed by atoms with Crippen LogP contribution in [0, 0.1) is 0 Å². The SMILES string of the molecule is c1ccc(-c2cccc(-c3nc(-c4ccccc4)nc4c3ccc3ccc(-c5ccccc5)nc34)c2)cc1. The second-order valence-corrected chi connectivity index (χ2v) is 9.30. The highest BCUT2D eigenvalue weighted by atomic mass is 14.9. The highest BCUT2D eigenvalue weighted by molar-refractivity contribution is 6.08. The molecule has 7 rings (SSSR count). The van der Waals surface area contributed by atoms with E-state index in [1.54, 1.807) is 0 Å². The lowest BCUT2D eigenvalue weighted by molar-refractivity contribution is 1.23. The summed E-state index contributed by atoms with van der Waals surface area (Å²) in [6.45, 7) is 0. The quantitative estimate of drug-likeness (QED) is 0.234. The summed E-state index contributed by atoms with van der Waals surface area (Å²) in [6.07, 6.45) is 0. The van der Waals surface area contributed by atoms with E-state index in [0.29, 0.717) is 5.82 Å². The number of benzene rings is 5. The average molecular weight is 486 g/mol. The van der Waals surface area contributed by atoms with Gasteiger partial charge in [0.1, 0.15) is 5.52 Å². The van der Waals surface area contributed by atoms with Crippen molar-refractivity contribution in [3.8, 4) is 45.0 Å². The molecule has 0 fully saturated rings. The van der Waals surface area contributed by atoms with Gasteiger partial charge in [-0.3, -0.25) is 0 Å². The van der Waals surface area contributed by atoms with Crippen LogP contribution in [-0.4, -0.2) is 15.0 Å². The molecular weight excluding hydrogens is 462 g/mol. The largest absolute Gasteiger partial charge is 0.245 e. The van der Waals surface area contributed by atoms with Crippen LogP contribution < -0.4 is 0 Å². The summed E-state index contributed by atoms with van der Waals surface area (Å²) in [4.78, 5) is 15.3. The van der Waals surface area contributed by atoms with Crippen molar-refractivity contribution in [2.75, 3.05) is 0 Å². The molecule has 0 radical (unpaired) electrons. The van der Waals surface area contributed by atoms with Crippen molar-refractivity contribution in [1.82, 2.24) is 15.0 Å². The van der Waals surface area contributed by atoms with Crippen molar-refractivity contribution < 1.29 is 0 Å². The smallest absolute Gasteiger partial charge is 0.160 e. The van der Waals surface area contributed by atoms with Crippen LogP contribution in [0.5, 0.6) is 0 Å². The van der Waals surface area contributed by atoms with E-state index < -0.39 is 0 Å². The van der Waals surface area contributed by atoms with Gasteiger partial charge in [0, 0.05) is 27.5 Å². The van der Waals surface area contributed by atoms with Crippen LogP contribution in [-0.2, 0) is 0 Å². The first-order chi connectivity index (χ1) is 18.8. The van der Waals surface area contributed by atoms with Gasteiger partial charge in [-0.2, -0.15) is 0 Å². The Kier molecular flexibility index (Phi) is 5.45. The topological polar surface area (TPSA) is 38.7 Å². The van der Waals surface area contributed by atoms with Gasteiger partial charge >= 0.3 is 0 Å². The fourth-order valence-corrected chi connectivity index (χ4v) is 4.96. The van der Waals surface area contributed by atoms with Crippen LogP contribution in [0.2, 0.25) is 0 Å². The van der Waals surface area contributed by atoms with Crippen molar-refractivity contribution in [3.05, 3.63) is 140 Å². The monoisotopic (exact) mass is 485 g/mol. The van der Waals surface area contributed by atoms with Gasteiger partial charge in [-0.25, -0.2) is 15.0 Å². The third-order valence-corrected chi connectivity index (χ3v) is 6.87. The fourth-order valence-electron chi connectivity index (χ4n) is 4.96. The number of aromatic nitrogens is 3. The molecule has 0 unspecified atom stereocenters. The maximum atomic E-state index is 5.12. The summed E-state index contributed by atoms with van der Waals surface area (Å²) in [5, 5.41) is 2.04. The first-order valence-corrected chi connectivity index (χ1v) is 12.7. The second-order valence-electron chi connectivity index (χ2n) is 9.30. The van der Waals surface area contributed by atoms with Crippen LogP contribution >= 0.6 is 0 Å². The van der Waals surface area contributed by atoms with E-state index in [-0.39, 0.29) is 0 Å². The second kappa shape index (κ2) is 9.38. The minimum absolute atomic E-state index is 0.692. The number of nitrogens with zero attached hydrogens (tertiary/aromatic N) is 3. The lowest BCUT2D eigenvalue weighted by Gasteiger charge is -2.13. The molecular formula is C35H23N3. The van der Waals surface area contributed by atoms with Gasteiger partial charge < -0.3 is 0 Å². The van der Waals surface area contributed by atoms with Crippen LogP contribution in [0.3, 0.4) is 0 Å². The molecule has 3 heteroatoms. The predicted molar refractivity (Wildman–Crippen MR) is 157 cm³/mol. The van der Waals surface area contributed by atoms with Crippen molar-refractivity contribution in [2.45, 2.75) is 0 Å². The molecule has 0 aliphatic heterocycles. The van der Waals surface area contributed by atoms with E-state index in [1.807, 2.05) is 42.5 Å². The summed E-state index contributed by atoms with van der Waals surface area (Å²) in [5.74, 6) is 0.692. The Morgan fingerprint density at radius 3 is 1.71 bits per heavy atom. The maximum absolute atomic E-state index is 5.12. The van der Waals surface area contributed by atoms with E-state index in [4.69, 9.17) is 15.0 Å². The highest BCUT2D eigenvalue weighted by Gasteiger charge is 2.16. The molecule has 0 bridgehead atoms. The number of pyridine rings is 1. The van der Waals surface area contributed by atoms with Crippen molar-refractivity contribution in [1.29, 1.82) is 0 Å². The molecule has 0 saturated carbocycles. The van der Waals surface area contributed by atoms with Gasteiger partial charge in [-0.15, -0.1) is 0 Å². The Morgan fingerprint density at radius 1 is 0.368 bits per heavy atom. The highest BCUT2D eigenvalue weighted by Crippen LogP contribution is 2.35. The Bertz CT molecular complexity index is 1900. The normalized spacial score (nSPS) is 11.2. The van der Waals surface area contributed by atoms with Gasteiger partial charge in [0.05, 0.1) is 16.9 Å². The summed E-state index contributed by atoms with van der Waals surface area (Å²) < 4.78 is 0. The number of hydrogen-bond acceptors (Lipinski definition) is 3. The van der Waals surface area contributed by atoms with Crippen molar-refractivity contribution in [3.63, 3.8) is 0 Å². The molecule has 0 spiro atoms. The fraction of sp³-hybridized carbons (Fsp3) is 0. The van der Waals surface area contributed by atoms with Gasteiger partial charge in [0.25, 0.3) is 0 Å². The minimum Gasteiger partial charge on any atom is -0.245 e. The van der Waals surface area contributed by atoms with Crippen molar-refractivity contribution in [2.24, 2.45) is 0 Å². The third kappa shape index (κ3) is 4.00. The zero-order chi connectivity index (χ0) is 25.3. The van der Waals surface area contributed by atoms with E-state index in [0.717, 1.165) is 55.4 Å². The standard InChI is InChI=1S/C35H23N3/c1-4-11-24(12-5-1)28-17-10-18-29(23-28)32-30-21-19-26-20-22-31(25-13-6-2-7-14-25)36-33(26)34(30)38-35(37-32)27-15-8-3-9-16-27/h1-23H. The first kappa shape index (κ1) is 22.1. The molecule has 0 saturated heterocycles. The van der Waals surface area contributed by atoms with Crippen LogP contribution in [0.15, 0.2) is 140 Å². The van der Waals surface area contributed by atoms with E-state index in [9.17, 15) is 0 Å². The molecule has 0 amide bonds. The number of rotatable bonds is 4. The first-order valence-electron chi connectivity index (χ1n) is 12.7. The molecule has 2 heterocycles. The summed E-state index contributed by atoms with van der Waals surface area (Å²) >= 11 is 0. The van der Waals surface area contributed by atoms with Gasteiger partial charge in [0.2, 0.25) is 0 Å². The van der Waals surface area contributed by atoms with E-state index in [1.165, 1.54) is 5.56 Å². The molecule has 5 aromatic carbocycles. The number of hydrogen-bond donors (Lipinski definition) is 0. The Morgan fingerprint density at radius 2 is 0.974 bits per heavy atom. The lowest BCUT2D eigenvalue weighted by Crippen LogP contribution is -1.97. The molecule has 178 valence electrons. The molecule has 3 nitrogen and oxygen atoms in total. The molecule has 0 atom stereocenters. The van der Waals surface area contributed by atoms with E-state index >= 15 is 0 Å². The zero-order valence-electron chi connectivity index (χ0n) is 20.6. The number of fused-ring (bicyclic) bond motifs is 3. The molecule has 0 N–H and O–H groups in total. The van der Waals surface area contributed by atoms with E-state index in [2.05, 4.69) is 97.1 Å². The summed E-state index contributed by atoms with van der Waals surface area (Å²) in [6, 6.07) is 47.9. The van der Waals surface area contributed by atoms with Gasteiger partial charge in [-0.1, -0.05) is 121 Å². The molecule has 7 aromatic rings. The van der Waals surface area contributed by atoms with Crippen LogP contribution in [0.25, 0.3) is 66.8 Å². The van der Waals surface area contributed by atoms with Gasteiger partial charge in [-0.05, 0) is 29.3 Å². The molecule has 0 aliphatic rings. The summed E-state index contributed by atoms with van der Waals surface area (Å²) in [5.41, 5.74) is 9.01. The Hall–Kier alpha value is -5.15. The van der Waals surface area contributed by atoms with Crippen LogP contribution in [0.4, 0.5) is 0 Å². The zero-order valence-corrected chi connectivity index (χ0v) is 20.6. The minimum atomic E-state index is 0.692. The molecule has 38 heavy (non-hydrogen) atoms. The maximum Gasteiger partial charge on any atom is 0.160 e.